The minimum absolute atomic E-state index is 0.190. The molecule has 1 saturated heterocycles. The molecule has 3 rings (SSSR count). The van der Waals surface area contributed by atoms with E-state index in [0.717, 1.165) is 24.9 Å². The smallest absolute Gasteiger partial charge is 0.338 e. The average Bonchev–Trinajstić information content (AvgIpc) is 2.82. The van der Waals surface area contributed by atoms with Crippen LogP contribution in [0.1, 0.15) is 63.6 Å². The van der Waals surface area contributed by atoms with Gasteiger partial charge in [-0.2, -0.15) is 0 Å². The van der Waals surface area contributed by atoms with Crippen molar-refractivity contribution in [1.29, 1.82) is 0 Å². The Morgan fingerprint density at radius 1 is 1.12 bits per heavy atom. The first-order valence-corrected chi connectivity index (χ1v) is 12.2. The van der Waals surface area contributed by atoms with Crippen molar-refractivity contribution in [1.82, 2.24) is 15.1 Å². The summed E-state index contributed by atoms with van der Waals surface area (Å²) in [7, 11) is 1.66. The van der Waals surface area contributed by atoms with Crippen LogP contribution in [0.25, 0.3) is 0 Å². The monoisotopic (exact) mass is 471 g/mol. The minimum atomic E-state index is -0.607. The van der Waals surface area contributed by atoms with Gasteiger partial charge in [0.15, 0.2) is 0 Å². The molecule has 0 radical (unpaired) electrons. The van der Waals surface area contributed by atoms with Gasteiger partial charge in [0.25, 0.3) is 0 Å². The van der Waals surface area contributed by atoms with Gasteiger partial charge in [0.2, 0.25) is 0 Å². The van der Waals surface area contributed by atoms with E-state index in [1.807, 2.05) is 24.3 Å². The summed E-state index contributed by atoms with van der Waals surface area (Å²) in [6, 6.07) is 7.09. The van der Waals surface area contributed by atoms with Crippen LogP contribution < -0.4 is 5.32 Å². The Hall–Kier alpha value is -2.87. The Morgan fingerprint density at radius 3 is 2.41 bits per heavy atom. The second-order valence-corrected chi connectivity index (χ2v) is 9.17. The molecule has 0 aliphatic carbocycles. The van der Waals surface area contributed by atoms with E-state index < -0.39 is 12.0 Å². The van der Waals surface area contributed by atoms with Gasteiger partial charge in [-0.1, -0.05) is 38.1 Å². The number of nitrogens with one attached hydrogen (secondary N) is 1. The second-order valence-electron chi connectivity index (χ2n) is 9.17. The topological polar surface area (TPSA) is 88.2 Å². The molecule has 0 bridgehead atoms. The number of nitrogens with zero attached hydrogens (tertiary/aromatic N) is 2. The highest BCUT2D eigenvalue weighted by atomic mass is 16.5. The summed E-state index contributed by atoms with van der Waals surface area (Å²) in [4.78, 5) is 42.0. The summed E-state index contributed by atoms with van der Waals surface area (Å²) >= 11 is 0. The van der Waals surface area contributed by atoms with Gasteiger partial charge in [-0.25, -0.2) is 9.59 Å². The van der Waals surface area contributed by atoms with Crippen molar-refractivity contribution >= 4 is 18.0 Å². The van der Waals surface area contributed by atoms with Crippen molar-refractivity contribution in [3.8, 4) is 0 Å². The highest BCUT2D eigenvalue weighted by molar-refractivity contribution is 5.95. The van der Waals surface area contributed by atoms with E-state index in [-0.39, 0.29) is 24.5 Å². The first-order chi connectivity index (χ1) is 16.3. The molecule has 1 fully saturated rings. The molecule has 2 heterocycles. The van der Waals surface area contributed by atoms with Gasteiger partial charge in [-0.3, -0.25) is 14.6 Å². The standard InChI is InChI=1S/C26H37N3O5/c1-6-33-24(30)20-9-8-14-29(15-20)16-21-22(25(31)34-7-2)23(27-26(32)28(21)5)19-12-10-18(11-13-19)17(3)4/h10-13,17,20,23H,6-9,14-16H2,1-5H3,(H,27,32)/t20-,23-/m1/s1. The first kappa shape index (κ1) is 25.7. The number of ether oxygens (including phenoxy) is 2. The Kier molecular flexibility index (Phi) is 8.72. The van der Waals surface area contributed by atoms with E-state index in [0.29, 0.717) is 36.9 Å². The van der Waals surface area contributed by atoms with Crippen LogP contribution >= 0.6 is 0 Å². The number of hydrogen-bond acceptors (Lipinski definition) is 6. The third kappa shape index (κ3) is 5.78. The number of rotatable bonds is 8. The van der Waals surface area contributed by atoms with Gasteiger partial charge in [0.1, 0.15) is 0 Å². The number of esters is 2. The van der Waals surface area contributed by atoms with E-state index in [1.54, 1.807) is 20.9 Å². The Balaban J connectivity index is 1.96. The number of benzene rings is 1. The van der Waals surface area contributed by atoms with E-state index in [2.05, 4.69) is 24.1 Å². The van der Waals surface area contributed by atoms with E-state index in [4.69, 9.17) is 9.47 Å². The van der Waals surface area contributed by atoms with Crippen LogP contribution in [0.15, 0.2) is 35.5 Å². The van der Waals surface area contributed by atoms with E-state index in [1.165, 1.54) is 10.5 Å². The average molecular weight is 472 g/mol. The number of likely N-dealkylation sites (tertiary alicyclic amines) is 1. The van der Waals surface area contributed by atoms with Crippen molar-refractivity contribution in [2.24, 2.45) is 5.92 Å². The predicted molar refractivity (Wildman–Crippen MR) is 129 cm³/mol. The molecule has 8 nitrogen and oxygen atoms in total. The minimum Gasteiger partial charge on any atom is -0.466 e. The lowest BCUT2D eigenvalue weighted by Gasteiger charge is -2.38. The number of piperidine rings is 1. The first-order valence-electron chi connectivity index (χ1n) is 12.2. The SMILES string of the molecule is CCOC(=O)C1=C(CN2CCC[C@@H](C(=O)OCC)C2)N(C)C(=O)N[C@@H]1c1ccc(C(C)C)cc1. The molecule has 2 aliphatic heterocycles. The Bertz CT molecular complexity index is 925. The predicted octanol–water partition coefficient (Wildman–Crippen LogP) is 3.60. The lowest BCUT2D eigenvalue weighted by molar-refractivity contribution is -0.150. The molecule has 2 atom stereocenters. The number of carbonyl (C=O) groups is 3. The van der Waals surface area contributed by atoms with Gasteiger partial charge in [-0.05, 0) is 50.3 Å². The van der Waals surface area contributed by atoms with Crippen LogP contribution in [0.3, 0.4) is 0 Å². The van der Waals surface area contributed by atoms with Gasteiger partial charge >= 0.3 is 18.0 Å². The molecule has 0 saturated carbocycles. The number of urea groups is 1. The van der Waals surface area contributed by atoms with Crippen molar-refractivity contribution < 1.29 is 23.9 Å². The summed E-state index contributed by atoms with van der Waals surface area (Å²) in [5.74, 6) is -0.462. The maximum Gasteiger partial charge on any atom is 0.338 e. The summed E-state index contributed by atoms with van der Waals surface area (Å²) in [5.41, 5.74) is 3.04. The third-order valence-corrected chi connectivity index (χ3v) is 6.51. The molecule has 2 amide bonds. The van der Waals surface area contributed by atoms with Crippen LogP contribution in [-0.4, -0.2) is 67.7 Å². The number of amides is 2. The van der Waals surface area contributed by atoms with Crippen molar-refractivity contribution in [3.05, 3.63) is 46.7 Å². The maximum atomic E-state index is 13.2. The number of likely N-dealkylation sites (N-methyl/N-ethyl adjacent to an activating group) is 1. The van der Waals surface area contributed by atoms with Gasteiger partial charge in [0.05, 0.1) is 30.7 Å². The Morgan fingerprint density at radius 2 is 1.79 bits per heavy atom. The number of carbonyl (C=O) groups excluding carboxylic acids is 3. The van der Waals surface area contributed by atoms with Crippen LogP contribution in [0, 0.1) is 5.92 Å². The molecular formula is C26H37N3O5. The molecule has 1 aromatic rings. The molecular weight excluding hydrogens is 434 g/mol. The zero-order valence-corrected chi connectivity index (χ0v) is 20.9. The van der Waals surface area contributed by atoms with Gasteiger partial charge in [0, 0.05) is 25.8 Å². The largest absolute Gasteiger partial charge is 0.466 e. The zero-order chi connectivity index (χ0) is 24.8. The zero-order valence-electron chi connectivity index (χ0n) is 20.9. The van der Waals surface area contributed by atoms with Crippen LogP contribution in [0.5, 0.6) is 0 Å². The fraction of sp³-hybridized carbons (Fsp3) is 0.577. The molecule has 34 heavy (non-hydrogen) atoms. The quantitative estimate of drug-likeness (QED) is 0.583. The lowest BCUT2D eigenvalue weighted by Crippen LogP contribution is -2.50. The summed E-state index contributed by atoms with van der Waals surface area (Å²) in [5, 5.41) is 2.97. The molecule has 2 aliphatic rings. The van der Waals surface area contributed by atoms with Gasteiger partial charge in [-0.15, -0.1) is 0 Å². The normalized spacial score (nSPS) is 21.5. The number of hydrogen-bond donors (Lipinski definition) is 1. The Labute approximate surface area is 202 Å². The van der Waals surface area contributed by atoms with Crippen LogP contribution in [0.4, 0.5) is 4.79 Å². The van der Waals surface area contributed by atoms with E-state index in [9.17, 15) is 14.4 Å². The molecule has 1 aromatic carbocycles. The molecule has 8 heteroatoms. The van der Waals surface area contributed by atoms with Crippen LogP contribution in [0.2, 0.25) is 0 Å². The van der Waals surface area contributed by atoms with Gasteiger partial charge < -0.3 is 14.8 Å². The molecule has 186 valence electrons. The highest BCUT2D eigenvalue weighted by Crippen LogP contribution is 2.33. The lowest BCUT2D eigenvalue weighted by atomic mass is 9.91. The highest BCUT2D eigenvalue weighted by Gasteiger charge is 2.38. The summed E-state index contributed by atoms with van der Waals surface area (Å²) in [6.07, 6.45) is 1.63. The summed E-state index contributed by atoms with van der Waals surface area (Å²) in [6.45, 7) is 10.1. The molecule has 0 spiro atoms. The molecule has 1 N–H and O–H groups in total. The fourth-order valence-electron chi connectivity index (χ4n) is 4.58. The molecule has 0 aromatic heterocycles. The fourth-order valence-corrected chi connectivity index (χ4v) is 4.58. The second kappa shape index (κ2) is 11.5. The molecule has 0 unspecified atom stereocenters. The van der Waals surface area contributed by atoms with Crippen molar-refractivity contribution in [2.75, 3.05) is 39.9 Å². The van der Waals surface area contributed by atoms with Crippen LogP contribution in [-0.2, 0) is 19.1 Å². The third-order valence-electron chi connectivity index (χ3n) is 6.51. The maximum absolute atomic E-state index is 13.2. The van der Waals surface area contributed by atoms with E-state index >= 15 is 0 Å². The summed E-state index contributed by atoms with van der Waals surface area (Å²) < 4.78 is 10.6. The van der Waals surface area contributed by atoms with Crippen molar-refractivity contribution in [3.63, 3.8) is 0 Å². The van der Waals surface area contributed by atoms with Crippen molar-refractivity contribution in [2.45, 2.75) is 52.5 Å².